The van der Waals surface area contributed by atoms with Gasteiger partial charge in [-0.2, -0.15) is 5.10 Å². The van der Waals surface area contributed by atoms with Crippen LogP contribution < -0.4 is 14.9 Å². The lowest BCUT2D eigenvalue weighted by Gasteiger charge is -2.12. The third-order valence-electron chi connectivity index (χ3n) is 4.24. The molecule has 0 unspecified atom stereocenters. The van der Waals surface area contributed by atoms with Crippen LogP contribution in [-0.4, -0.2) is 30.3 Å². The minimum Gasteiger partial charge on any atom is -0.490 e. The molecule has 0 spiro atoms. The van der Waals surface area contributed by atoms with Gasteiger partial charge in [0.25, 0.3) is 5.91 Å². The van der Waals surface area contributed by atoms with Crippen molar-refractivity contribution in [3.05, 3.63) is 59.8 Å². The number of hydrogen-bond donors (Lipinski definition) is 2. The number of hydrazone groups is 1. The third kappa shape index (κ3) is 4.71. The largest absolute Gasteiger partial charge is 0.490 e. The van der Waals surface area contributed by atoms with Gasteiger partial charge in [0.15, 0.2) is 11.5 Å². The standard InChI is InChI=1S/C22H25N3O3/c1-3-5-12-28-20-11-10-16(13-21(20)27-4-2)14-24-25-22(26)18-15-23-19-9-7-6-8-17(18)19/h6-11,13-15,23H,3-5,12H2,1-2H3,(H,25,26)/b24-14-. The molecule has 0 fully saturated rings. The summed E-state index contributed by atoms with van der Waals surface area (Å²) in [7, 11) is 0. The van der Waals surface area contributed by atoms with Crippen LogP contribution in [0.2, 0.25) is 0 Å². The van der Waals surface area contributed by atoms with E-state index in [1.54, 1.807) is 12.4 Å². The minimum absolute atomic E-state index is 0.266. The van der Waals surface area contributed by atoms with Gasteiger partial charge in [-0.15, -0.1) is 0 Å². The molecular formula is C22H25N3O3. The van der Waals surface area contributed by atoms with Gasteiger partial charge in [0.05, 0.1) is 25.0 Å². The number of nitrogens with zero attached hydrogens (tertiary/aromatic N) is 1. The van der Waals surface area contributed by atoms with Crippen LogP contribution in [0.25, 0.3) is 10.9 Å². The summed E-state index contributed by atoms with van der Waals surface area (Å²) in [4.78, 5) is 15.5. The zero-order valence-corrected chi connectivity index (χ0v) is 16.2. The normalized spacial score (nSPS) is 11.1. The smallest absolute Gasteiger partial charge is 0.273 e. The Kier molecular flexibility index (Phi) is 6.68. The number of carbonyl (C=O) groups is 1. The van der Waals surface area contributed by atoms with E-state index in [4.69, 9.17) is 9.47 Å². The van der Waals surface area contributed by atoms with Crippen molar-refractivity contribution in [2.75, 3.05) is 13.2 Å². The van der Waals surface area contributed by atoms with Crippen molar-refractivity contribution in [2.45, 2.75) is 26.7 Å². The molecule has 0 aliphatic rings. The number of benzene rings is 2. The van der Waals surface area contributed by atoms with Crippen molar-refractivity contribution in [3.63, 3.8) is 0 Å². The predicted octanol–water partition coefficient (Wildman–Crippen LogP) is 4.51. The maximum Gasteiger partial charge on any atom is 0.273 e. The molecule has 6 heteroatoms. The molecule has 0 radical (unpaired) electrons. The number of H-pyrrole nitrogens is 1. The number of hydrogen-bond acceptors (Lipinski definition) is 4. The highest BCUT2D eigenvalue weighted by atomic mass is 16.5. The SMILES string of the molecule is CCCCOc1ccc(/C=N\NC(=O)c2c[nH]c3ccccc23)cc1OCC. The van der Waals surface area contributed by atoms with Crippen LogP contribution >= 0.6 is 0 Å². The first kappa shape index (κ1) is 19.5. The number of nitrogens with one attached hydrogen (secondary N) is 2. The summed E-state index contributed by atoms with van der Waals surface area (Å²) >= 11 is 0. The van der Waals surface area contributed by atoms with Crippen molar-refractivity contribution in [1.29, 1.82) is 0 Å². The zero-order valence-electron chi connectivity index (χ0n) is 16.2. The number of ether oxygens (including phenoxy) is 2. The molecule has 28 heavy (non-hydrogen) atoms. The Balaban J connectivity index is 1.67. The fourth-order valence-corrected chi connectivity index (χ4v) is 2.80. The molecule has 1 heterocycles. The van der Waals surface area contributed by atoms with Crippen molar-refractivity contribution in [1.82, 2.24) is 10.4 Å². The molecule has 1 amide bonds. The van der Waals surface area contributed by atoms with E-state index in [0.29, 0.717) is 24.5 Å². The van der Waals surface area contributed by atoms with Gasteiger partial charge < -0.3 is 14.5 Å². The second-order valence-electron chi connectivity index (χ2n) is 6.29. The summed E-state index contributed by atoms with van der Waals surface area (Å²) in [5.41, 5.74) is 4.85. The number of carbonyl (C=O) groups excluding carboxylic acids is 1. The van der Waals surface area contributed by atoms with Crippen LogP contribution in [0, 0.1) is 0 Å². The number of unbranched alkanes of at least 4 members (excludes halogenated alkanes) is 1. The molecule has 146 valence electrons. The molecule has 3 rings (SSSR count). The maximum atomic E-state index is 12.4. The lowest BCUT2D eigenvalue weighted by atomic mass is 10.2. The fraction of sp³-hybridized carbons (Fsp3) is 0.273. The van der Waals surface area contributed by atoms with Gasteiger partial charge in [-0.05, 0) is 43.2 Å². The second kappa shape index (κ2) is 9.60. The minimum atomic E-state index is -0.266. The Morgan fingerprint density at radius 3 is 2.82 bits per heavy atom. The van der Waals surface area contributed by atoms with E-state index in [-0.39, 0.29) is 5.91 Å². The molecule has 2 aromatic carbocycles. The molecule has 0 aliphatic heterocycles. The van der Waals surface area contributed by atoms with Crippen LogP contribution in [0.4, 0.5) is 0 Å². The van der Waals surface area contributed by atoms with Crippen LogP contribution in [0.5, 0.6) is 11.5 Å². The first-order chi connectivity index (χ1) is 13.7. The van der Waals surface area contributed by atoms with Crippen molar-refractivity contribution in [2.24, 2.45) is 5.10 Å². The zero-order chi connectivity index (χ0) is 19.8. The monoisotopic (exact) mass is 379 g/mol. The van der Waals surface area contributed by atoms with Crippen molar-refractivity contribution in [3.8, 4) is 11.5 Å². The summed E-state index contributed by atoms with van der Waals surface area (Å²) in [5.74, 6) is 1.12. The van der Waals surface area contributed by atoms with Crippen LogP contribution in [0.1, 0.15) is 42.6 Å². The van der Waals surface area contributed by atoms with Crippen molar-refractivity contribution >= 4 is 23.0 Å². The van der Waals surface area contributed by atoms with Gasteiger partial charge >= 0.3 is 0 Å². The highest BCUT2D eigenvalue weighted by Gasteiger charge is 2.10. The summed E-state index contributed by atoms with van der Waals surface area (Å²) in [6.45, 7) is 5.25. The van der Waals surface area contributed by atoms with Gasteiger partial charge in [0, 0.05) is 17.1 Å². The third-order valence-corrected chi connectivity index (χ3v) is 4.24. The molecule has 0 aliphatic carbocycles. The van der Waals surface area contributed by atoms with Gasteiger partial charge in [0.2, 0.25) is 0 Å². The van der Waals surface area contributed by atoms with Crippen LogP contribution in [0.15, 0.2) is 53.8 Å². The molecule has 6 nitrogen and oxygen atoms in total. The maximum absolute atomic E-state index is 12.4. The van der Waals surface area contributed by atoms with E-state index < -0.39 is 0 Å². The Bertz CT molecular complexity index is 963. The summed E-state index contributed by atoms with van der Waals surface area (Å²) < 4.78 is 11.4. The Labute approximate surface area is 164 Å². The first-order valence-corrected chi connectivity index (χ1v) is 9.52. The quantitative estimate of drug-likeness (QED) is 0.326. The van der Waals surface area contributed by atoms with Crippen LogP contribution in [-0.2, 0) is 0 Å². The highest BCUT2D eigenvalue weighted by molar-refractivity contribution is 6.06. The number of fused-ring (bicyclic) bond motifs is 1. The summed E-state index contributed by atoms with van der Waals surface area (Å²) in [6, 6.07) is 13.2. The van der Waals surface area contributed by atoms with Crippen LogP contribution in [0.3, 0.4) is 0 Å². The van der Waals surface area contributed by atoms with E-state index in [9.17, 15) is 4.79 Å². The fourth-order valence-electron chi connectivity index (χ4n) is 2.80. The molecule has 0 saturated heterocycles. The molecule has 0 bridgehead atoms. The average Bonchev–Trinajstić information content (AvgIpc) is 3.14. The number of aromatic amines is 1. The van der Waals surface area contributed by atoms with Gasteiger partial charge in [-0.25, -0.2) is 5.43 Å². The van der Waals surface area contributed by atoms with E-state index in [0.717, 1.165) is 35.1 Å². The van der Waals surface area contributed by atoms with E-state index >= 15 is 0 Å². The average molecular weight is 379 g/mol. The number of aromatic nitrogens is 1. The van der Waals surface area contributed by atoms with E-state index in [1.807, 2.05) is 49.4 Å². The van der Waals surface area contributed by atoms with Gasteiger partial charge in [-0.1, -0.05) is 31.5 Å². The van der Waals surface area contributed by atoms with Crippen molar-refractivity contribution < 1.29 is 14.3 Å². The first-order valence-electron chi connectivity index (χ1n) is 9.52. The molecule has 2 N–H and O–H groups in total. The molecule has 3 aromatic rings. The van der Waals surface area contributed by atoms with E-state index in [1.165, 1.54) is 0 Å². The Morgan fingerprint density at radius 1 is 1.14 bits per heavy atom. The number of para-hydroxylation sites is 1. The number of amides is 1. The lowest BCUT2D eigenvalue weighted by molar-refractivity contribution is 0.0957. The van der Waals surface area contributed by atoms with Gasteiger partial charge in [0.1, 0.15) is 0 Å². The van der Waals surface area contributed by atoms with E-state index in [2.05, 4.69) is 22.4 Å². The highest BCUT2D eigenvalue weighted by Crippen LogP contribution is 2.28. The summed E-state index contributed by atoms with van der Waals surface area (Å²) in [5, 5.41) is 4.94. The molecule has 0 atom stereocenters. The second-order valence-corrected chi connectivity index (χ2v) is 6.29. The molecule has 1 aromatic heterocycles. The Hall–Kier alpha value is -3.28. The molecule has 0 saturated carbocycles. The Morgan fingerprint density at radius 2 is 2.00 bits per heavy atom. The summed E-state index contributed by atoms with van der Waals surface area (Å²) in [6.07, 6.45) is 5.34. The predicted molar refractivity (Wildman–Crippen MR) is 111 cm³/mol. The molecular weight excluding hydrogens is 354 g/mol. The topological polar surface area (TPSA) is 75.7 Å². The lowest BCUT2D eigenvalue weighted by Crippen LogP contribution is -2.17. The number of rotatable bonds is 9. The van der Waals surface area contributed by atoms with Gasteiger partial charge in [-0.3, -0.25) is 4.79 Å².